The highest BCUT2D eigenvalue weighted by molar-refractivity contribution is 7.71. The zero-order chi connectivity index (χ0) is 19.1. The standard InChI is InChI=1S/C22H17N3O2S/c1-14-6-9-16(10-7-14)23-13-25-22(28)27-21(24-25)20-12-18-17-5-3-2-4-15(17)8-11-19(18)26-20/h2-12,23H,13H2,1H3. The summed E-state index contributed by atoms with van der Waals surface area (Å²) >= 11 is 5.32. The molecule has 5 aromatic rings. The summed E-state index contributed by atoms with van der Waals surface area (Å²) in [5.41, 5.74) is 3.00. The smallest absolute Gasteiger partial charge is 0.289 e. The predicted molar refractivity (Wildman–Crippen MR) is 113 cm³/mol. The Kier molecular flexibility index (Phi) is 3.98. The summed E-state index contributed by atoms with van der Waals surface area (Å²) in [4.78, 5) is 0.292. The first-order chi connectivity index (χ1) is 13.7. The minimum atomic E-state index is 0.292. The molecule has 0 radical (unpaired) electrons. The van der Waals surface area contributed by atoms with Gasteiger partial charge in [-0.15, -0.1) is 5.10 Å². The van der Waals surface area contributed by atoms with Gasteiger partial charge in [-0.2, -0.15) is 0 Å². The summed E-state index contributed by atoms with van der Waals surface area (Å²) < 4.78 is 13.3. The highest BCUT2D eigenvalue weighted by Gasteiger charge is 2.15. The summed E-state index contributed by atoms with van der Waals surface area (Å²) in [5.74, 6) is 0.933. The number of aryl methyl sites for hydroxylation is 1. The molecule has 1 N–H and O–H groups in total. The summed E-state index contributed by atoms with van der Waals surface area (Å²) in [6.45, 7) is 2.47. The number of furan rings is 1. The maximum Gasteiger partial charge on any atom is 0.289 e. The second-order valence-electron chi connectivity index (χ2n) is 6.68. The highest BCUT2D eigenvalue weighted by Crippen LogP contribution is 2.32. The molecule has 2 heterocycles. The molecule has 6 heteroatoms. The van der Waals surface area contributed by atoms with E-state index in [1.165, 1.54) is 5.56 Å². The maximum atomic E-state index is 5.97. The molecular formula is C22H17N3O2S. The van der Waals surface area contributed by atoms with Gasteiger partial charge in [-0.25, -0.2) is 4.68 Å². The number of fused-ring (bicyclic) bond motifs is 3. The van der Waals surface area contributed by atoms with Gasteiger partial charge in [-0.3, -0.25) is 0 Å². The lowest BCUT2D eigenvalue weighted by atomic mass is 10.1. The molecule has 0 unspecified atom stereocenters. The number of nitrogens with one attached hydrogen (secondary N) is 1. The molecule has 5 rings (SSSR count). The Bertz CT molecular complexity index is 1350. The van der Waals surface area contributed by atoms with Crippen LogP contribution in [-0.2, 0) is 6.67 Å². The molecule has 2 aromatic heterocycles. The summed E-state index contributed by atoms with van der Waals surface area (Å²) in [6, 6.07) is 22.3. The van der Waals surface area contributed by atoms with Crippen molar-refractivity contribution in [3.63, 3.8) is 0 Å². The van der Waals surface area contributed by atoms with Gasteiger partial charge < -0.3 is 14.2 Å². The van der Waals surface area contributed by atoms with Crippen molar-refractivity contribution in [1.82, 2.24) is 9.78 Å². The van der Waals surface area contributed by atoms with E-state index in [2.05, 4.69) is 41.6 Å². The lowest BCUT2D eigenvalue weighted by Gasteiger charge is -2.05. The number of nitrogens with zero attached hydrogens (tertiary/aromatic N) is 2. The van der Waals surface area contributed by atoms with Crippen molar-refractivity contribution in [2.75, 3.05) is 5.32 Å². The Morgan fingerprint density at radius 1 is 0.964 bits per heavy atom. The largest absolute Gasteiger partial charge is 0.451 e. The molecule has 0 amide bonds. The fraction of sp³-hybridized carbons (Fsp3) is 0.0909. The molecule has 0 aliphatic carbocycles. The highest BCUT2D eigenvalue weighted by atomic mass is 32.1. The van der Waals surface area contributed by atoms with E-state index >= 15 is 0 Å². The Hall–Kier alpha value is -3.38. The molecule has 5 nitrogen and oxygen atoms in total. The molecule has 0 atom stereocenters. The monoisotopic (exact) mass is 387 g/mol. The first kappa shape index (κ1) is 16.8. The first-order valence-corrected chi connectivity index (χ1v) is 9.38. The van der Waals surface area contributed by atoms with E-state index in [0.717, 1.165) is 27.4 Å². The van der Waals surface area contributed by atoms with Gasteiger partial charge in [-0.05, 0) is 54.2 Å². The second-order valence-corrected chi connectivity index (χ2v) is 7.03. The number of hydrogen-bond acceptors (Lipinski definition) is 5. The number of rotatable bonds is 4. The van der Waals surface area contributed by atoms with E-state index < -0.39 is 0 Å². The topological polar surface area (TPSA) is 56.1 Å². The van der Waals surface area contributed by atoms with Gasteiger partial charge in [0.2, 0.25) is 0 Å². The van der Waals surface area contributed by atoms with Crippen LogP contribution in [-0.4, -0.2) is 9.78 Å². The molecule has 3 aromatic carbocycles. The van der Waals surface area contributed by atoms with Crippen molar-refractivity contribution in [2.45, 2.75) is 13.6 Å². The molecule has 0 bridgehead atoms. The molecule has 138 valence electrons. The molecule has 0 spiro atoms. The minimum absolute atomic E-state index is 0.292. The third kappa shape index (κ3) is 2.97. The van der Waals surface area contributed by atoms with E-state index in [9.17, 15) is 0 Å². The van der Waals surface area contributed by atoms with Crippen molar-refractivity contribution in [3.05, 3.63) is 77.1 Å². The third-order valence-electron chi connectivity index (χ3n) is 4.73. The number of benzene rings is 3. The second kappa shape index (κ2) is 6.65. The Labute approximate surface area is 166 Å². The number of aromatic nitrogens is 2. The van der Waals surface area contributed by atoms with Crippen LogP contribution in [0.3, 0.4) is 0 Å². The van der Waals surface area contributed by atoms with Crippen LogP contribution in [0.25, 0.3) is 33.4 Å². The van der Waals surface area contributed by atoms with Crippen molar-refractivity contribution >= 4 is 39.6 Å². The third-order valence-corrected chi connectivity index (χ3v) is 5.02. The van der Waals surface area contributed by atoms with Gasteiger partial charge in [0.25, 0.3) is 10.7 Å². The van der Waals surface area contributed by atoms with Gasteiger partial charge in [0.15, 0.2) is 5.76 Å². The van der Waals surface area contributed by atoms with Gasteiger partial charge in [0, 0.05) is 11.1 Å². The Morgan fingerprint density at radius 2 is 1.79 bits per heavy atom. The first-order valence-electron chi connectivity index (χ1n) is 8.97. The number of hydrogen-bond donors (Lipinski definition) is 1. The predicted octanol–water partition coefficient (Wildman–Crippen LogP) is 6.15. The van der Waals surface area contributed by atoms with Crippen LogP contribution in [0.4, 0.5) is 5.69 Å². The fourth-order valence-corrected chi connectivity index (χ4v) is 3.43. The molecule has 0 saturated heterocycles. The van der Waals surface area contributed by atoms with E-state index in [-0.39, 0.29) is 0 Å². The molecule has 0 aliphatic rings. The van der Waals surface area contributed by atoms with Crippen molar-refractivity contribution in [3.8, 4) is 11.7 Å². The van der Waals surface area contributed by atoms with Crippen LogP contribution in [0.15, 0.2) is 75.6 Å². The van der Waals surface area contributed by atoms with Crippen molar-refractivity contribution in [2.24, 2.45) is 0 Å². The van der Waals surface area contributed by atoms with Crippen LogP contribution < -0.4 is 5.32 Å². The van der Waals surface area contributed by atoms with Crippen LogP contribution in [0.1, 0.15) is 5.56 Å². The fourth-order valence-electron chi connectivity index (χ4n) is 3.24. The van der Waals surface area contributed by atoms with Gasteiger partial charge in [0.1, 0.15) is 12.3 Å². The molecule has 0 aliphatic heterocycles. The molecule has 28 heavy (non-hydrogen) atoms. The average molecular weight is 387 g/mol. The minimum Gasteiger partial charge on any atom is -0.451 e. The normalized spacial score (nSPS) is 11.3. The van der Waals surface area contributed by atoms with E-state index in [1.54, 1.807) is 4.68 Å². The van der Waals surface area contributed by atoms with Gasteiger partial charge >= 0.3 is 0 Å². The van der Waals surface area contributed by atoms with Gasteiger partial charge in [0.05, 0.1) is 0 Å². The van der Waals surface area contributed by atoms with Gasteiger partial charge in [-0.1, -0.05) is 48.0 Å². The zero-order valence-corrected chi connectivity index (χ0v) is 16.0. The van der Waals surface area contributed by atoms with E-state index in [1.807, 2.05) is 42.5 Å². The Balaban J connectivity index is 1.47. The van der Waals surface area contributed by atoms with Crippen LogP contribution in [0.5, 0.6) is 0 Å². The Morgan fingerprint density at radius 3 is 2.64 bits per heavy atom. The molecule has 0 fully saturated rings. The summed E-state index contributed by atoms with van der Waals surface area (Å²) in [5, 5.41) is 11.1. The molecule has 0 saturated carbocycles. The zero-order valence-electron chi connectivity index (χ0n) is 15.2. The van der Waals surface area contributed by atoms with Crippen molar-refractivity contribution in [1.29, 1.82) is 0 Å². The quantitative estimate of drug-likeness (QED) is 0.375. The van der Waals surface area contributed by atoms with Crippen LogP contribution >= 0.6 is 12.2 Å². The summed E-state index contributed by atoms with van der Waals surface area (Å²) in [7, 11) is 0. The van der Waals surface area contributed by atoms with Crippen molar-refractivity contribution < 1.29 is 8.83 Å². The SMILES string of the molecule is Cc1ccc(NCn2nc(-c3cc4c(ccc5ccccc54)o3)oc2=S)cc1. The average Bonchev–Trinajstić information content (AvgIpc) is 3.31. The summed E-state index contributed by atoms with van der Waals surface area (Å²) in [6.07, 6.45) is 0. The maximum absolute atomic E-state index is 5.97. The lowest BCUT2D eigenvalue weighted by Crippen LogP contribution is -2.09. The van der Waals surface area contributed by atoms with Crippen LogP contribution in [0.2, 0.25) is 0 Å². The molecular weight excluding hydrogens is 370 g/mol. The van der Waals surface area contributed by atoms with E-state index in [0.29, 0.717) is 23.2 Å². The number of anilines is 1. The lowest BCUT2D eigenvalue weighted by molar-refractivity contribution is 0.505. The van der Waals surface area contributed by atoms with Crippen LogP contribution in [0, 0.1) is 11.8 Å². The van der Waals surface area contributed by atoms with E-state index in [4.69, 9.17) is 21.1 Å².